The zero-order chi connectivity index (χ0) is 12.3. The maximum absolute atomic E-state index is 5.93. The minimum absolute atomic E-state index is 0.218. The van der Waals surface area contributed by atoms with Gasteiger partial charge in [-0.25, -0.2) is 4.98 Å². The van der Waals surface area contributed by atoms with Gasteiger partial charge < -0.3 is 11.1 Å². The molecule has 0 aliphatic rings. The second-order valence-electron chi connectivity index (χ2n) is 3.31. The summed E-state index contributed by atoms with van der Waals surface area (Å²) in [5, 5.41) is 3.62. The van der Waals surface area contributed by atoms with Crippen molar-refractivity contribution in [3.63, 3.8) is 0 Å². The number of nitrogen functional groups attached to an aromatic ring is 1. The molecule has 2 aromatic rings. The summed E-state index contributed by atoms with van der Waals surface area (Å²) in [5.41, 5.74) is 5.49. The lowest BCUT2D eigenvalue weighted by atomic mass is 10.3. The van der Waals surface area contributed by atoms with E-state index in [1.54, 1.807) is 11.3 Å². The lowest BCUT2D eigenvalue weighted by molar-refractivity contribution is 1.02. The van der Waals surface area contributed by atoms with E-state index in [9.17, 15) is 0 Å². The highest BCUT2D eigenvalue weighted by molar-refractivity contribution is 9.11. The third-order valence-electron chi connectivity index (χ3n) is 2.06. The zero-order valence-electron chi connectivity index (χ0n) is 8.78. The number of halogens is 2. The number of nitrogens with one attached hydrogen (secondary N) is 1. The van der Waals surface area contributed by atoms with Crippen molar-refractivity contribution in [3.05, 3.63) is 32.0 Å². The van der Waals surface area contributed by atoms with E-state index in [2.05, 4.69) is 37.3 Å². The SMILES string of the molecule is Nc1ncc(Cl)c(NCCc2ccc(Br)s2)n1. The van der Waals surface area contributed by atoms with Gasteiger partial charge in [0, 0.05) is 11.4 Å². The van der Waals surface area contributed by atoms with E-state index in [4.69, 9.17) is 17.3 Å². The molecule has 90 valence electrons. The van der Waals surface area contributed by atoms with Crippen LogP contribution in [0.25, 0.3) is 0 Å². The molecular formula is C10H10BrClN4S. The van der Waals surface area contributed by atoms with E-state index in [1.807, 2.05) is 6.07 Å². The summed E-state index contributed by atoms with van der Waals surface area (Å²) in [6.07, 6.45) is 2.41. The minimum atomic E-state index is 0.218. The molecule has 0 atom stereocenters. The number of thiophene rings is 1. The molecule has 4 nitrogen and oxygen atoms in total. The Morgan fingerprint density at radius 3 is 3.00 bits per heavy atom. The fraction of sp³-hybridized carbons (Fsp3) is 0.200. The molecule has 0 aliphatic heterocycles. The molecule has 2 rings (SSSR count). The smallest absolute Gasteiger partial charge is 0.222 e. The molecule has 17 heavy (non-hydrogen) atoms. The van der Waals surface area contributed by atoms with Crippen molar-refractivity contribution in [1.82, 2.24) is 9.97 Å². The van der Waals surface area contributed by atoms with E-state index in [0.29, 0.717) is 10.8 Å². The van der Waals surface area contributed by atoms with Gasteiger partial charge in [-0.05, 0) is 34.5 Å². The number of nitrogens with zero attached hydrogens (tertiary/aromatic N) is 2. The molecular weight excluding hydrogens is 324 g/mol. The Morgan fingerprint density at radius 2 is 2.29 bits per heavy atom. The zero-order valence-corrected chi connectivity index (χ0v) is 11.9. The molecule has 2 heterocycles. The van der Waals surface area contributed by atoms with Gasteiger partial charge in [0.05, 0.1) is 9.98 Å². The third-order valence-corrected chi connectivity index (χ3v) is 4.02. The first-order valence-electron chi connectivity index (χ1n) is 4.91. The number of nitrogens with two attached hydrogens (primary N) is 1. The van der Waals surface area contributed by atoms with Crippen LogP contribution in [0.15, 0.2) is 22.1 Å². The lowest BCUT2D eigenvalue weighted by Gasteiger charge is -2.06. The number of hydrogen-bond donors (Lipinski definition) is 2. The van der Waals surface area contributed by atoms with E-state index < -0.39 is 0 Å². The van der Waals surface area contributed by atoms with Crippen molar-refractivity contribution < 1.29 is 0 Å². The molecule has 0 fully saturated rings. The van der Waals surface area contributed by atoms with E-state index in [-0.39, 0.29) is 5.95 Å². The Bertz CT molecular complexity index is 517. The average molecular weight is 334 g/mol. The number of anilines is 2. The molecule has 0 amide bonds. The standard InChI is InChI=1S/C10H10BrClN4S/c11-8-2-1-6(17-8)3-4-14-9-7(12)5-15-10(13)16-9/h1-2,5H,3-4H2,(H3,13,14,15,16). The van der Waals surface area contributed by atoms with Gasteiger partial charge in [0.2, 0.25) is 5.95 Å². The fourth-order valence-corrected chi connectivity index (χ4v) is 2.94. The number of hydrogen-bond acceptors (Lipinski definition) is 5. The predicted molar refractivity (Wildman–Crippen MR) is 75.7 cm³/mol. The van der Waals surface area contributed by atoms with Crippen LogP contribution in [0, 0.1) is 0 Å². The van der Waals surface area contributed by atoms with Crippen LogP contribution in [-0.4, -0.2) is 16.5 Å². The predicted octanol–water partition coefficient (Wildman–Crippen LogP) is 3.19. The average Bonchev–Trinajstić information content (AvgIpc) is 2.69. The normalized spacial score (nSPS) is 10.5. The van der Waals surface area contributed by atoms with Crippen LogP contribution in [0.4, 0.5) is 11.8 Å². The molecule has 0 saturated carbocycles. The maximum atomic E-state index is 5.93. The molecule has 0 bridgehead atoms. The van der Waals surface area contributed by atoms with Gasteiger partial charge in [0.15, 0.2) is 0 Å². The van der Waals surface area contributed by atoms with E-state index >= 15 is 0 Å². The van der Waals surface area contributed by atoms with Gasteiger partial charge in [-0.3, -0.25) is 0 Å². The van der Waals surface area contributed by atoms with Gasteiger partial charge in [0.25, 0.3) is 0 Å². The summed E-state index contributed by atoms with van der Waals surface area (Å²) in [6, 6.07) is 4.13. The summed E-state index contributed by atoms with van der Waals surface area (Å²) < 4.78 is 1.14. The first-order chi connectivity index (χ1) is 8.15. The fourth-order valence-electron chi connectivity index (χ4n) is 1.29. The topological polar surface area (TPSA) is 63.8 Å². The van der Waals surface area contributed by atoms with Crippen LogP contribution in [0.5, 0.6) is 0 Å². The molecule has 0 saturated heterocycles. The molecule has 0 radical (unpaired) electrons. The molecule has 7 heteroatoms. The van der Waals surface area contributed by atoms with Crippen molar-refractivity contribution in [1.29, 1.82) is 0 Å². The summed E-state index contributed by atoms with van der Waals surface area (Å²) in [7, 11) is 0. The van der Waals surface area contributed by atoms with Gasteiger partial charge in [-0.2, -0.15) is 4.98 Å². The molecule has 2 aromatic heterocycles. The van der Waals surface area contributed by atoms with Crippen molar-refractivity contribution in [3.8, 4) is 0 Å². The molecule has 0 spiro atoms. The van der Waals surface area contributed by atoms with Crippen LogP contribution < -0.4 is 11.1 Å². The Kier molecular flexibility index (Phi) is 4.20. The minimum Gasteiger partial charge on any atom is -0.368 e. The summed E-state index contributed by atoms with van der Waals surface area (Å²) in [4.78, 5) is 9.12. The monoisotopic (exact) mass is 332 g/mol. The van der Waals surface area contributed by atoms with Crippen molar-refractivity contribution >= 4 is 50.6 Å². The lowest BCUT2D eigenvalue weighted by Crippen LogP contribution is -2.07. The molecule has 0 aromatic carbocycles. The quantitative estimate of drug-likeness (QED) is 0.902. The number of aromatic nitrogens is 2. The number of rotatable bonds is 4. The third kappa shape index (κ3) is 3.55. The molecule has 0 aliphatic carbocycles. The second-order valence-corrected chi connectivity index (χ2v) is 6.26. The van der Waals surface area contributed by atoms with E-state index in [0.717, 1.165) is 16.8 Å². The first kappa shape index (κ1) is 12.6. The van der Waals surface area contributed by atoms with Crippen LogP contribution in [0.2, 0.25) is 5.02 Å². The highest BCUT2D eigenvalue weighted by Gasteiger charge is 2.03. The summed E-state index contributed by atoms with van der Waals surface area (Å²) in [6.45, 7) is 0.753. The maximum Gasteiger partial charge on any atom is 0.222 e. The Balaban J connectivity index is 1.91. The first-order valence-corrected chi connectivity index (χ1v) is 6.90. The van der Waals surface area contributed by atoms with Crippen LogP contribution >= 0.6 is 38.9 Å². The van der Waals surface area contributed by atoms with Crippen molar-refractivity contribution in [2.45, 2.75) is 6.42 Å². The molecule has 0 unspecified atom stereocenters. The van der Waals surface area contributed by atoms with Crippen LogP contribution in [0.3, 0.4) is 0 Å². The highest BCUT2D eigenvalue weighted by atomic mass is 79.9. The van der Waals surface area contributed by atoms with Crippen molar-refractivity contribution in [2.24, 2.45) is 0 Å². The van der Waals surface area contributed by atoms with Gasteiger partial charge in [-0.1, -0.05) is 11.6 Å². The summed E-state index contributed by atoms with van der Waals surface area (Å²) in [5.74, 6) is 0.797. The largest absolute Gasteiger partial charge is 0.368 e. The second kappa shape index (κ2) is 5.66. The van der Waals surface area contributed by atoms with Gasteiger partial charge in [0.1, 0.15) is 10.8 Å². The van der Waals surface area contributed by atoms with Gasteiger partial charge >= 0.3 is 0 Å². The van der Waals surface area contributed by atoms with Gasteiger partial charge in [-0.15, -0.1) is 11.3 Å². The summed E-state index contributed by atoms with van der Waals surface area (Å²) >= 11 is 11.1. The van der Waals surface area contributed by atoms with Crippen molar-refractivity contribution in [2.75, 3.05) is 17.6 Å². The Hall–Kier alpha value is -0.850. The van der Waals surface area contributed by atoms with E-state index in [1.165, 1.54) is 11.1 Å². The molecule has 3 N–H and O–H groups in total. The van der Waals surface area contributed by atoms with Crippen LogP contribution in [0.1, 0.15) is 4.88 Å². The Morgan fingerprint density at radius 1 is 1.47 bits per heavy atom. The highest BCUT2D eigenvalue weighted by Crippen LogP contribution is 2.23. The van der Waals surface area contributed by atoms with Crippen LogP contribution in [-0.2, 0) is 6.42 Å². The Labute approximate surface area is 116 Å².